The summed E-state index contributed by atoms with van der Waals surface area (Å²) >= 11 is 12.2. The number of rotatable bonds is 4. The Labute approximate surface area is 113 Å². The molecule has 2 atom stereocenters. The number of ether oxygens (including phenoxy) is 1. The van der Waals surface area contributed by atoms with Crippen molar-refractivity contribution >= 4 is 23.2 Å². The summed E-state index contributed by atoms with van der Waals surface area (Å²) in [6, 6.07) is 4.04. The highest BCUT2D eigenvalue weighted by atomic mass is 35.5. The van der Waals surface area contributed by atoms with Crippen molar-refractivity contribution < 1.29 is 4.74 Å². The van der Waals surface area contributed by atoms with Crippen LogP contribution in [0.3, 0.4) is 0 Å². The molecular weight excluding hydrogens is 255 g/mol. The van der Waals surface area contributed by atoms with Crippen LogP contribution in [0.4, 0.5) is 0 Å². The minimum Gasteiger partial charge on any atom is -0.493 e. The maximum atomic E-state index is 6.14. The van der Waals surface area contributed by atoms with E-state index in [1.807, 2.05) is 19.1 Å². The molecular formula is C14H18Cl2O. The maximum absolute atomic E-state index is 6.14. The fourth-order valence-corrected chi connectivity index (χ4v) is 3.08. The average Bonchev–Trinajstić information content (AvgIpc) is 2.63. The van der Waals surface area contributed by atoms with Crippen LogP contribution in [0.5, 0.6) is 5.75 Å². The third-order valence-electron chi connectivity index (χ3n) is 3.12. The molecule has 0 N–H and O–H groups in total. The van der Waals surface area contributed by atoms with Crippen molar-refractivity contribution in [2.24, 2.45) is 5.92 Å². The van der Waals surface area contributed by atoms with Gasteiger partial charge >= 0.3 is 0 Å². The predicted molar refractivity (Wildman–Crippen MR) is 73.5 cm³/mol. The van der Waals surface area contributed by atoms with Crippen molar-refractivity contribution in [3.63, 3.8) is 0 Å². The zero-order valence-electron chi connectivity index (χ0n) is 10.3. The lowest BCUT2D eigenvalue weighted by molar-refractivity contribution is 0.351. The van der Waals surface area contributed by atoms with Gasteiger partial charge in [0.2, 0.25) is 0 Å². The van der Waals surface area contributed by atoms with E-state index in [-0.39, 0.29) is 5.38 Å². The summed E-state index contributed by atoms with van der Waals surface area (Å²) < 4.78 is 5.70. The summed E-state index contributed by atoms with van der Waals surface area (Å²) in [6.45, 7) is 5.04. The molecule has 0 saturated heterocycles. The van der Waals surface area contributed by atoms with E-state index in [9.17, 15) is 0 Å². The second-order valence-corrected chi connectivity index (χ2v) is 6.16. The molecule has 0 spiro atoms. The molecule has 3 heteroatoms. The van der Waals surface area contributed by atoms with Crippen molar-refractivity contribution in [1.29, 1.82) is 0 Å². The smallest absolute Gasteiger partial charge is 0.125 e. The molecule has 0 amide bonds. The highest BCUT2D eigenvalue weighted by molar-refractivity contribution is 6.30. The number of fused-ring (bicyclic) bond motifs is 1. The summed E-state index contributed by atoms with van der Waals surface area (Å²) in [5.74, 6) is 1.61. The summed E-state index contributed by atoms with van der Waals surface area (Å²) in [6.07, 6.45) is 2.98. The Balaban J connectivity index is 2.15. The monoisotopic (exact) mass is 272 g/mol. The van der Waals surface area contributed by atoms with Gasteiger partial charge in [-0.25, -0.2) is 0 Å². The first-order valence-electron chi connectivity index (χ1n) is 6.14. The van der Waals surface area contributed by atoms with Gasteiger partial charge in [0.25, 0.3) is 0 Å². The molecule has 0 radical (unpaired) electrons. The van der Waals surface area contributed by atoms with Crippen LogP contribution in [0.1, 0.15) is 31.4 Å². The lowest BCUT2D eigenvalue weighted by atomic mass is 9.95. The van der Waals surface area contributed by atoms with Crippen molar-refractivity contribution in [3.8, 4) is 5.75 Å². The molecule has 0 aliphatic carbocycles. The molecule has 1 aliphatic heterocycles. The Morgan fingerprint density at radius 2 is 2.12 bits per heavy atom. The van der Waals surface area contributed by atoms with Crippen molar-refractivity contribution in [2.75, 3.05) is 6.61 Å². The van der Waals surface area contributed by atoms with Crippen LogP contribution >= 0.6 is 23.2 Å². The molecule has 1 nitrogen and oxygen atoms in total. The summed E-state index contributed by atoms with van der Waals surface area (Å²) in [5.41, 5.74) is 2.48. The van der Waals surface area contributed by atoms with E-state index in [4.69, 9.17) is 27.9 Å². The largest absolute Gasteiger partial charge is 0.493 e. The van der Waals surface area contributed by atoms with Crippen LogP contribution in [-0.2, 0) is 12.8 Å². The first-order chi connectivity index (χ1) is 8.06. The molecule has 1 aliphatic rings. The fourth-order valence-electron chi connectivity index (χ4n) is 2.51. The number of hydrogen-bond acceptors (Lipinski definition) is 1. The van der Waals surface area contributed by atoms with E-state index in [1.165, 1.54) is 11.1 Å². The minimum atomic E-state index is 0.221. The molecule has 1 aromatic carbocycles. The Morgan fingerprint density at radius 3 is 2.82 bits per heavy atom. The standard InChI is InChI=1S/C14H18Cl2O/c1-9(5-10(2)15)6-12-8-13(16)7-11-3-4-17-14(11)12/h7-10H,3-6H2,1-2H3. The number of hydrogen-bond donors (Lipinski definition) is 0. The lowest BCUT2D eigenvalue weighted by Gasteiger charge is -2.15. The Kier molecular flexibility index (Phi) is 4.22. The molecule has 1 heterocycles. The molecule has 17 heavy (non-hydrogen) atoms. The van der Waals surface area contributed by atoms with Crippen LogP contribution in [0.25, 0.3) is 0 Å². The van der Waals surface area contributed by atoms with Gasteiger partial charge < -0.3 is 4.74 Å². The molecule has 0 aromatic heterocycles. The van der Waals surface area contributed by atoms with Crippen LogP contribution in [0, 0.1) is 5.92 Å². The molecule has 0 saturated carbocycles. The third-order valence-corrected chi connectivity index (χ3v) is 3.52. The normalized spacial score (nSPS) is 17.4. The zero-order valence-corrected chi connectivity index (χ0v) is 11.8. The first kappa shape index (κ1) is 13.0. The number of alkyl halides is 1. The van der Waals surface area contributed by atoms with E-state index in [0.29, 0.717) is 5.92 Å². The van der Waals surface area contributed by atoms with Crippen LogP contribution in [-0.4, -0.2) is 12.0 Å². The van der Waals surface area contributed by atoms with Crippen molar-refractivity contribution in [2.45, 2.75) is 38.5 Å². The second-order valence-electron chi connectivity index (χ2n) is 4.98. The summed E-state index contributed by atoms with van der Waals surface area (Å²) in [5, 5.41) is 1.04. The van der Waals surface area contributed by atoms with Crippen molar-refractivity contribution in [1.82, 2.24) is 0 Å². The highest BCUT2D eigenvalue weighted by Gasteiger charge is 2.19. The summed E-state index contributed by atoms with van der Waals surface area (Å²) in [4.78, 5) is 0. The van der Waals surface area contributed by atoms with Gasteiger partial charge in [0.15, 0.2) is 0 Å². The Morgan fingerprint density at radius 1 is 1.35 bits per heavy atom. The van der Waals surface area contributed by atoms with E-state index in [1.54, 1.807) is 0 Å². The van der Waals surface area contributed by atoms with E-state index < -0.39 is 0 Å². The Bertz CT molecular complexity index is 401. The number of benzene rings is 1. The van der Waals surface area contributed by atoms with Crippen LogP contribution < -0.4 is 4.74 Å². The fraction of sp³-hybridized carbons (Fsp3) is 0.571. The first-order valence-corrected chi connectivity index (χ1v) is 6.96. The van der Waals surface area contributed by atoms with Gasteiger partial charge in [-0.1, -0.05) is 18.5 Å². The molecule has 2 unspecified atom stereocenters. The molecule has 0 bridgehead atoms. The maximum Gasteiger partial charge on any atom is 0.125 e. The van der Waals surface area contributed by atoms with Gasteiger partial charge in [0, 0.05) is 16.8 Å². The molecule has 0 fully saturated rings. The van der Waals surface area contributed by atoms with Gasteiger partial charge in [-0.05, 0) is 48.9 Å². The number of halogens is 2. The summed E-state index contributed by atoms with van der Waals surface area (Å²) in [7, 11) is 0. The van der Waals surface area contributed by atoms with E-state index in [0.717, 1.165) is 36.6 Å². The van der Waals surface area contributed by atoms with Gasteiger partial charge in [0.05, 0.1) is 6.61 Å². The zero-order chi connectivity index (χ0) is 12.4. The van der Waals surface area contributed by atoms with Gasteiger partial charge in [-0.2, -0.15) is 0 Å². The minimum absolute atomic E-state index is 0.221. The topological polar surface area (TPSA) is 9.23 Å². The van der Waals surface area contributed by atoms with Gasteiger partial charge in [-0.15, -0.1) is 11.6 Å². The van der Waals surface area contributed by atoms with E-state index >= 15 is 0 Å². The van der Waals surface area contributed by atoms with Crippen molar-refractivity contribution in [3.05, 3.63) is 28.3 Å². The SMILES string of the molecule is CC(Cl)CC(C)Cc1cc(Cl)cc2c1OCC2. The average molecular weight is 273 g/mol. The Hall–Kier alpha value is -0.400. The third kappa shape index (κ3) is 3.29. The van der Waals surface area contributed by atoms with Gasteiger partial charge in [-0.3, -0.25) is 0 Å². The van der Waals surface area contributed by atoms with Crippen LogP contribution in [0.2, 0.25) is 5.02 Å². The molecule has 1 aromatic rings. The predicted octanol–water partition coefficient (Wildman–Crippen LogP) is 4.47. The molecule has 94 valence electrons. The highest BCUT2D eigenvalue weighted by Crippen LogP contribution is 2.34. The van der Waals surface area contributed by atoms with Gasteiger partial charge in [0.1, 0.15) is 5.75 Å². The lowest BCUT2D eigenvalue weighted by Crippen LogP contribution is -2.06. The quantitative estimate of drug-likeness (QED) is 0.735. The molecule has 2 rings (SSSR count). The second kappa shape index (κ2) is 5.49. The van der Waals surface area contributed by atoms with Crippen LogP contribution in [0.15, 0.2) is 12.1 Å². The van der Waals surface area contributed by atoms with E-state index in [2.05, 4.69) is 6.92 Å².